The summed E-state index contributed by atoms with van der Waals surface area (Å²) >= 11 is 0. The van der Waals surface area contributed by atoms with Crippen molar-refractivity contribution in [2.75, 3.05) is 19.7 Å². The quantitative estimate of drug-likeness (QED) is 0.172. The molecule has 2 aliphatic carbocycles. The predicted molar refractivity (Wildman–Crippen MR) is 141 cm³/mol. The van der Waals surface area contributed by atoms with Crippen molar-refractivity contribution >= 4 is 5.97 Å². The molecule has 4 heteroatoms. The molecule has 0 spiro atoms. The summed E-state index contributed by atoms with van der Waals surface area (Å²) in [4.78, 5) is 13.7. The molecular formula is C31H41NO3. The first-order valence-corrected chi connectivity index (χ1v) is 13.4. The fraction of sp³-hybridized carbons (Fsp3) is 0.516. The molecule has 2 aromatic rings. The second-order valence-electron chi connectivity index (χ2n) is 10.2. The molecule has 35 heavy (non-hydrogen) atoms. The first-order valence-electron chi connectivity index (χ1n) is 13.4. The second kappa shape index (κ2) is 13.0. The molecule has 0 saturated heterocycles. The zero-order valence-corrected chi connectivity index (χ0v) is 21.0. The first kappa shape index (κ1) is 25.7. The van der Waals surface area contributed by atoms with Gasteiger partial charge >= 0.3 is 5.97 Å². The molecule has 4 nitrogen and oxygen atoms in total. The fourth-order valence-electron chi connectivity index (χ4n) is 5.76. The van der Waals surface area contributed by atoms with Gasteiger partial charge in [-0.2, -0.15) is 0 Å². The van der Waals surface area contributed by atoms with Crippen LogP contribution in [-0.2, 0) is 26.3 Å². The van der Waals surface area contributed by atoms with E-state index in [1.54, 1.807) is 0 Å². The number of carbonyl (C=O) groups excluding carboxylic acids is 1. The van der Waals surface area contributed by atoms with Gasteiger partial charge in [0.1, 0.15) is 6.10 Å². The molecule has 0 aromatic heterocycles. The van der Waals surface area contributed by atoms with E-state index in [2.05, 4.69) is 36.2 Å². The number of benzene rings is 2. The molecule has 0 aliphatic heterocycles. The summed E-state index contributed by atoms with van der Waals surface area (Å²) in [5.41, 5.74) is 1.83. The van der Waals surface area contributed by atoms with E-state index < -0.39 is 5.41 Å². The zero-order chi connectivity index (χ0) is 24.3. The van der Waals surface area contributed by atoms with Crippen LogP contribution in [0.25, 0.3) is 0 Å². The third-order valence-corrected chi connectivity index (χ3v) is 7.96. The minimum absolute atomic E-state index is 0.00882. The normalized spacial score (nSPS) is 23.6. The van der Waals surface area contributed by atoms with Crippen molar-refractivity contribution in [1.82, 2.24) is 5.32 Å². The molecule has 2 aromatic carbocycles. The lowest BCUT2D eigenvalue weighted by Gasteiger charge is -2.44. The average molecular weight is 476 g/mol. The van der Waals surface area contributed by atoms with Gasteiger partial charge in [-0.1, -0.05) is 92.4 Å². The number of carbonyl (C=O) groups is 1. The Hall–Kier alpha value is -2.43. The summed E-state index contributed by atoms with van der Waals surface area (Å²) in [6, 6.07) is 20.6. The topological polar surface area (TPSA) is 47.6 Å². The monoisotopic (exact) mass is 475 g/mol. The minimum Gasteiger partial charge on any atom is -0.461 e. The number of hydrogen-bond acceptors (Lipinski definition) is 4. The second-order valence-corrected chi connectivity index (χ2v) is 10.2. The van der Waals surface area contributed by atoms with E-state index in [9.17, 15) is 4.79 Å². The summed E-state index contributed by atoms with van der Waals surface area (Å²) in [6.07, 6.45) is 10.3. The van der Waals surface area contributed by atoms with E-state index >= 15 is 0 Å². The number of esters is 1. The SMILES string of the molecule is C=CC1C[C@H](OC(=O)C2(c3ccccc3)CCCCCC2)C1CCNCCOCc1ccccc1. The molecule has 2 aliphatic rings. The highest BCUT2D eigenvalue weighted by atomic mass is 16.5. The third-order valence-electron chi connectivity index (χ3n) is 7.96. The zero-order valence-electron chi connectivity index (χ0n) is 21.0. The standard InChI is InChI=1S/C31H41NO3/c1-2-26-23-29(28(26)17-20-32-21-22-34-24-25-13-7-5-8-14-25)35-30(33)31(18-11-3-4-12-19-31)27-15-9-6-10-16-27/h2,5-10,13-16,26,28-29,32H,1,3-4,11-12,17-24H2/t26?,28?,29-/m0/s1. The molecule has 4 rings (SSSR count). The Balaban J connectivity index is 1.26. The van der Waals surface area contributed by atoms with Gasteiger partial charge in [-0.3, -0.25) is 4.79 Å². The lowest BCUT2D eigenvalue weighted by Crippen LogP contribution is -2.48. The van der Waals surface area contributed by atoms with Crippen molar-refractivity contribution in [2.24, 2.45) is 11.8 Å². The largest absolute Gasteiger partial charge is 0.461 e. The summed E-state index contributed by atoms with van der Waals surface area (Å²) < 4.78 is 12.1. The van der Waals surface area contributed by atoms with Crippen molar-refractivity contribution in [3.63, 3.8) is 0 Å². The van der Waals surface area contributed by atoms with Gasteiger partial charge in [-0.25, -0.2) is 0 Å². The molecule has 1 N–H and O–H groups in total. The lowest BCUT2D eigenvalue weighted by molar-refractivity contribution is -0.169. The summed E-state index contributed by atoms with van der Waals surface area (Å²) in [7, 11) is 0. The Kier molecular flexibility index (Phi) is 9.56. The highest BCUT2D eigenvalue weighted by Crippen LogP contribution is 2.44. The van der Waals surface area contributed by atoms with Crippen LogP contribution in [-0.4, -0.2) is 31.8 Å². The Morgan fingerprint density at radius 1 is 0.971 bits per heavy atom. The molecule has 0 heterocycles. The molecule has 3 atom stereocenters. The first-order chi connectivity index (χ1) is 17.2. The maximum absolute atomic E-state index is 13.7. The molecule has 0 radical (unpaired) electrons. The fourth-order valence-corrected chi connectivity index (χ4v) is 5.76. The number of rotatable bonds is 12. The lowest BCUT2D eigenvalue weighted by atomic mass is 9.68. The van der Waals surface area contributed by atoms with Crippen LogP contribution in [0.4, 0.5) is 0 Å². The van der Waals surface area contributed by atoms with Gasteiger partial charge in [0.05, 0.1) is 18.6 Å². The number of ether oxygens (including phenoxy) is 2. The molecule has 2 unspecified atom stereocenters. The highest BCUT2D eigenvalue weighted by Gasteiger charge is 2.47. The van der Waals surface area contributed by atoms with Crippen LogP contribution in [0.15, 0.2) is 73.3 Å². The van der Waals surface area contributed by atoms with Gasteiger partial charge in [0.2, 0.25) is 0 Å². The van der Waals surface area contributed by atoms with Gasteiger partial charge in [0.15, 0.2) is 0 Å². The number of nitrogens with one attached hydrogen (secondary N) is 1. The maximum atomic E-state index is 13.7. The smallest absolute Gasteiger partial charge is 0.316 e. The van der Waals surface area contributed by atoms with Gasteiger partial charge in [0.25, 0.3) is 0 Å². The van der Waals surface area contributed by atoms with Gasteiger partial charge < -0.3 is 14.8 Å². The van der Waals surface area contributed by atoms with E-state index in [1.165, 1.54) is 18.4 Å². The van der Waals surface area contributed by atoms with Crippen molar-refractivity contribution < 1.29 is 14.3 Å². The number of allylic oxidation sites excluding steroid dienone is 1. The molecular weight excluding hydrogens is 434 g/mol. The van der Waals surface area contributed by atoms with Crippen LogP contribution in [0.3, 0.4) is 0 Å². The Bertz CT molecular complexity index is 905. The van der Waals surface area contributed by atoms with Crippen molar-refractivity contribution in [2.45, 2.75) is 69.5 Å². The Labute approximate surface area is 211 Å². The summed E-state index contributed by atoms with van der Waals surface area (Å²) in [5, 5.41) is 3.49. The molecule has 2 saturated carbocycles. The van der Waals surface area contributed by atoms with Crippen molar-refractivity contribution in [1.29, 1.82) is 0 Å². The van der Waals surface area contributed by atoms with Crippen LogP contribution >= 0.6 is 0 Å². The van der Waals surface area contributed by atoms with E-state index in [-0.39, 0.29) is 12.1 Å². The Morgan fingerprint density at radius 3 is 2.34 bits per heavy atom. The van der Waals surface area contributed by atoms with E-state index in [4.69, 9.17) is 9.47 Å². The summed E-state index contributed by atoms with van der Waals surface area (Å²) in [5.74, 6) is 0.754. The van der Waals surface area contributed by atoms with Crippen molar-refractivity contribution in [3.8, 4) is 0 Å². The minimum atomic E-state index is -0.490. The third kappa shape index (κ3) is 6.62. The van der Waals surface area contributed by atoms with Crippen molar-refractivity contribution in [3.05, 3.63) is 84.4 Å². The van der Waals surface area contributed by atoms with Crippen LogP contribution < -0.4 is 5.32 Å². The average Bonchev–Trinajstić information content (AvgIpc) is 3.16. The van der Waals surface area contributed by atoms with Gasteiger partial charge in [-0.15, -0.1) is 6.58 Å². The highest BCUT2D eigenvalue weighted by molar-refractivity contribution is 5.83. The van der Waals surface area contributed by atoms with E-state index in [0.717, 1.165) is 57.2 Å². The van der Waals surface area contributed by atoms with Crippen LogP contribution in [0.5, 0.6) is 0 Å². The Morgan fingerprint density at radius 2 is 1.66 bits per heavy atom. The van der Waals surface area contributed by atoms with Crippen LogP contribution in [0.1, 0.15) is 62.5 Å². The number of hydrogen-bond donors (Lipinski definition) is 1. The summed E-state index contributed by atoms with van der Waals surface area (Å²) in [6.45, 7) is 7.06. The van der Waals surface area contributed by atoms with Crippen LogP contribution in [0.2, 0.25) is 0 Å². The molecule has 0 bridgehead atoms. The molecule has 0 amide bonds. The van der Waals surface area contributed by atoms with E-state index in [0.29, 0.717) is 25.0 Å². The molecule has 188 valence electrons. The van der Waals surface area contributed by atoms with Gasteiger partial charge in [-0.05, 0) is 49.3 Å². The predicted octanol–water partition coefficient (Wildman–Crippen LogP) is 6.21. The van der Waals surface area contributed by atoms with Gasteiger partial charge in [0, 0.05) is 12.5 Å². The van der Waals surface area contributed by atoms with Crippen LogP contribution in [0, 0.1) is 11.8 Å². The molecule has 2 fully saturated rings. The van der Waals surface area contributed by atoms with E-state index in [1.807, 2.05) is 42.5 Å². The maximum Gasteiger partial charge on any atom is 0.316 e.